The van der Waals surface area contributed by atoms with Gasteiger partial charge in [-0.05, 0) is 107 Å². The maximum absolute atomic E-state index is 14.5. The van der Waals surface area contributed by atoms with E-state index < -0.39 is 77.8 Å². The Morgan fingerprint density at radius 1 is 0.853 bits per heavy atom. The van der Waals surface area contributed by atoms with Gasteiger partial charge in [0.15, 0.2) is 5.78 Å². The van der Waals surface area contributed by atoms with E-state index in [1.54, 1.807) is 41.1 Å². The Morgan fingerprint density at radius 2 is 1.59 bits per heavy atom. The Morgan fingerprint density at radius 3 is 2.26 bits per heavy atom. The molecule has 0 unspecified atom stereocenters. The van der Waals surface area contributed by atoms with Crippen molar-refractivity contribution in [2.75, 3.05) is 41.1 Å². The molecule has 3 N–H and O–H groups in total. The number of allylic oxidation sites excluding steroid dienone is 6. The number of piperidine rings is 1. The van der Waals surface area contributed by atoms with Gasteiger partial charge >= 0.3 is 5.97 Å². The second-order valence-corrected chi connectivity index (χ2v) is 20.2. The van der Waals surface area contributed by atoms with Gasteiger partial charge in [-0.1, -0.05) is 71.1 Å². The third-order valence-corrected chi connectivity index (χ3v) is 14.9. The summed E-state index contributed by atoms with van der Waals surface area (Å²) in [5, 5.41) is 32.8. The predicted octanol–water partition coefficient (Wildman–Crippen LogP) is 6.20. The van der Waals surface area contributed by atoms with Crippen LogP contribution in [0.15, 0.2) is 47.6 Å². The largest absolute Gasteiger partial charge is 0.460 e. The number of ketones is 3. The highest BCUT2D eigenvalue weighted by Crippen LogP contribution is 2.38. The molecule has 2 bridgehead atoms. The van der Waals surface area contributed by atoms with Gasteiger partial charge in [0.25, 0.3) is 11.7 Å². The monoisotopic (exact) mass is 958 g/mol. The summed E-state index contributed by atoms with van der Waals surface area (Å²) < 4.78 is 35.6. The Balaban J connectivity index is 1.70. The first-order chi connectivity index (χ1) is 32.3. The van der Waals surface area contributed by atoms with E-state index in [1.807, 2.05) is 58.1 Å². The first-order valence-corrected chi connectivity index (χ1v) is 25.0. The fourth-order valence-electron chi connectivity index (χ4n) is 10.5. The second-order valence-electron chi connectivity index (χ2n) is 20.2. The summed E-state index contributed by atoms with van der Waals surface area (Å²) >= 11 is 0. The summed E-state index contributed by atoms with van der Waals surface area (Å²) in [4.78, 5) is 72.1. The molecule has 1 aliphatic carbocycles. The first kappa shape index (κ1) is 57.2. The Labute approximate surface area is 405 Å². The van der Waals surface area contributed by atoms with Gasteiger partial charge in [0, 0.05) is 58.5 Å². The van der Waals surface area contributed by atoms with E-state index in [-0.39, 0.29) is 74.1 Å². The summed E-state index contributed by atoms with van der Waals surface area (Å²) in [6.45, 7) is 12.9. The third-order valence-electron chi connectivity index (χ3n) is 14.9. The van der Waals surface area contributed by atoms with Gasteiger partial charge in [-0.2, -0.15) is 0 Å². The van der Waals surface area contributed by atoms with E-state index in [1.165, 1.54) is 12.0 Å². The van der Waals surface area contributed by atoms with E-state index >= 15 is 0 Å². The zero-order valence-corrected chi connectivity index (χ0v) is 42.4. The first-order valence-electron chi connectivity index (χ1n) is 25.0. The van der Waals surface area contributed by atoms with Gasteiger partial charge in [-0.25, -0.2) is 4.79 Å². The van der Waals surface area contributed by atoms with E-state index in [9.17, 15) is 39.3 Å². The molecule has 384 valence electrons. The molecule has 4 rings (SSSR count). The van der Waals surface area contributed by atoms with Crippen LogP contribution in [-0.2, 0) is 52.4 Å². The van der Waals surface area contributed by atoms with Gasteiger partial charge in [0.1, 0.15) is 30.1 Å². The van der Waals surface area contributed by atoms with Crippen LogP contribution in [0.2, 0.25) is 0 Å². The summed E-state index contributed by atoms with van der Waals surface area (Å²) in [7, 11) is 4.58. The molecule has 15 nitrogen and oxygen atoms in total. The molecule has 68 heavy (non-hydrogen) atoms. The SMILES string of the molecule is CO[C@@H]1C(=O)[C@@H](C)C[C@H](C)/C=C/C=C/C=C(/C)[C@H](OC)C[C@H]2CC[C@H](C)[C@@](O)(O2)C(=O)C(=O)N2CCCC[C@@H]2C(=O)O[C@H]([C@H](C)C[C@@H]2CC[C@H](OCCO)[C@H](OC)C2)CC(=O)[C@H](C)/C=C(\C)[C@@H]1O. The van der Waals surface area contributed by atoms with Gasteiger partial charge < -0.3 is 48.6 Å². The number of aliphatic hydroxyl groups is 3. The molecule has 3 fully saturated rings. The summed E-state index contributed by atoms with van der Waals surface area (Å²) in [5.41, 5.74) is 1.26. The van der Waals surface area contributed by atoms with Crippen LogP contribution in [-0.4, -0.2) is 145 Å². The van der Waals surface area contributed by atoms with Crippen LogP contribution in [0.5, 0.6) is 0 Å². The molecule has 0 radical (unpaired) electrons. The van der Waals surface area contributed by atoms with Crippen molar-refractivity contribution in [3.63, 3.8) is 0 Å². The third kappa shape index (κ3) is 15.3. The van der Waals surface area contributed by atoms with Crippen molar-refractivity contribution in [1.29, 1.82) is 0 Å². The lowest BCUT2D eigenvalue weighted by Crippen LogP contribution is -2.61. The number of rotatable bonds is 9. The number of aliphatic hydroxyl groups excluding tert-OH is 2. The zero-order chi connectivity index (χ0) is 50.3. The highest BCUT2D eigenvalue weighted by molar-refractivity contribution is 6.39. The average Bonchev–Trinajstić information content (AvgIpc) is 3.32. The van der Waals surface area contributed by atoms with Crippen molar-refractivity contribution in [3.05, 3.63) is 47.6 Å². The fourth-order valence-corrected chi connectivity index (χ4v) is 10.5. The lowest BCUT2D eigenvalue weighted by atomic mass is 9.78. The molecule has 1 amide bonds. The van der Waals surface area contributed by atoms with Crippen LogP contribution in [0.1, 0.15) is 126 Å². The second kappa shape index (κ2) is 27.3. The topological polar surface area (TPSA) is 205 Å². The molecule has 0 aromatic carbocycles. The molecule has 1 saturated carbocycles. The molecule has 4 aliphatic rings. The van der Waals surface area contributed by atoms with Gasteiger partial charge in [-0.3, -0.25) is 19.2 Å². The average molecular weight is 958 g/mol. The molecule has 15 heteroatoms. The van der Waals surface area contributed by atoms with Crippen molar-refractivity contribution in [2.24, 2.45) is 35.5 Å². The number of esters is 1. The van der Waals surface area contributed by atoms with E-state index in [0.29, 0.717) is 63.4 Å². The van der Waals surface area contributed by atoms with E-state index in [2.05, 4.69) is 0 Å². The summed E-state index contributed by atoms with van der Waals surface area (Å²) in [6.07, 6.45) is 12.0. The Kier molecular flexibility index (Phi) is 22.9. The van der Waals surface area contributed by atoms with Crippen molar-refractivity contribution in [1.82, 2.24) is 4.90 Å². The molecule has 2 saturated heterocycles. The van der Waals surface area contributed by atoms with E-state index in [0.717, 1.165) is 12.0 Å². The Hall–Kier alpha value is -3.41. The standard InChI is InChI=1S/C53H83NO14/c1-32-16-12-11-13-17-33(2)44(63-8)30-40-21-19-38(7)53(62,68-40)50(59)51(60)54-23-15-14-18-41(54)52(61)67-45(35(4)28-39-20-22-43(66-25-24-55)46(29-39)64-9)31-42(56)34(3)27-37(6)48(58)49(65-10)47(57)36(5)26-32/h11-13,16-17,27,32,34-36,38-41,43-46,48-49,55,58,62H,14-15,18-26,28-31H2,1-10H3/b13-11+,16-12+,33-17-,37-27+/t32-,34-,35-,36+,38+,39+,40-,41-,43+,44-,45+,46-,48+,49-,53-/m1/s1. The number of hydrogen-bond donors (Lipinski definition) is 3. The van der Waals surface area contributed by atoms with Gasteiger partial charge in [0.2, 0.25) is 5.79 Å². The quantitative estimate of drug-likeness (QED) is 0.134. The van der Waals surface area contributed by atoms with Crippen molar-refractivity contribution >= 4 is 29.2 Å². The lowest BCUT2D eigenvalue weighted by molar-refractivity contribution is -0.265. The number of fused-ring (bicyclic) bond motifs is 3. The molecule has 3 aliphatic heterocycles. The highest BCUT2D eigenvalue weighted by Gasteiger charge is 2.53. The number of nitrogens with zero attached hydrogens (tertiary/aromatic N) is 1. The molecule has 15 atom stereocenters. The van der Waals surface area contributed by atoms with Crippen molar-refractivity contribution in [3.8, 4) is 0 Å². The zero-order valence-electron chi connectivity index (χ0n) is 42.4. The van der Waals surface area contributed by atoms with Crippen LogP contribution < -0.4 is 0 Å². The molecule has 3 heterocycles. The van der Waals surface area contributed by atoms with Crippen molar-refractivity contribution in [2.45, 2.75) is 180 Å². The molecular weight excluding hydrogens is 875 g/mol. The number of hydrogen-bond acceptors (Lipinski definition) is 14. The maximum Gasteiger partial charge on any atom is 0.329 e. The van der Waals surface area contributed by atoms with Gasteiger partial charge in [-0.15, -0.1) is 0 Å². The number of amides is 1. The fraction of sp³-hybridized carbons (Fsp3) is 0.755. The number of carbonyl (C=O) groups excluding carboxylic acids is 5. The van der Waals surface area contributed by atoms with Gasteiger partial charge in [0.05, 0.1) is 37.6 Å². The number of Topliss-reactive ketones (excluding diaryl/α,β-unsaturated/α-hetero) is 3. The Bertz CT molecular complexity index is 1810. The van der Waals surface area contributed by atoms with Crippen LogP contribution >= 0.6 is 0 Å². The maximum atomic E-state index is 14.5. The minimum absolute atomic E-state index is 0.0158. The normalized spacial score (nSPS) is 39.2. The van der Waals surface area contributed by atoms with Crippen LogP contribution in [0.3, 0.4) is 0 Å². The minimum Gasteiger partial charge on any atom is -0.460 e. The lowest BCUT2D eigenvalue weighted by Gasteiger charge is -2.42. The van der Waals surface area contributed by atoms with Crippen molar-refractivity contribution < 1.29 is 67.7 Å². The van der Waals surface area contributed by atoms with Crippen LogP contribution in [0.25, 0.3) is 0 Å². The molecular formula is C53H83NO14. The minimum atomic E-state index is -2.43. The van der Waals surface area contributed by atoms with Crippen LogP contribution in [0, 0.1) is 35.5 Å². The van der Waals surface area contributed by atoms with E-state index in [4.69, 9.17) is 28.4 Å². The number of methoxy groups -OCH3 is 3. The molecule has 0 spiro atoms. The number of carbonyl (C=O) groups is 5. The number of cyclic esters (lactones) is 1. The number of ether oxygens (including phenoxy) is 6. The molecule has 0 aromatic rings. The van der Waals surface area contributed by atoms with Crippen LogP contribution in [0.4, 0.5) is 0 Å². The molecule has 0 aromatic heterocycles. The summed E-state index contributed by atoms with van der Waals surface area (Å²) in [6, 6.07) is -1.14. The predicted molar refractivity (Wildman–Crippen MR) is 256 cm³/mol. The highest BCUT2D eigenvalue weighted by atomic mass is 16.6. The summed E-state index contributed by atoms with van der Waals surface area (Å²) in [5.74, 6) is -7.96. The smallest absolute Gasteiger partial charge is 0.329 e.